The van der Waals surface area contributed by atoms with Gasteiger partial charge in [-0.25, -0.2) is 9.59 Å². The number of hydrogen-bond donors (Lipinski definition) is 3. The minimum absolute atomic E-state index is 0.303. The number of aromatic nitrogens is 1. The molecule has 1 aromatic rings. The van der Waals surface area contributed by atoms with Crippen molar-refractivity contribution in [1.29, 1.82) is 0 Å². The number of carboxylic acids is 2. The molecule has 0 unspecified atom stereocenters. The molecule has 0 radical (unpaired) electrons. The number of pyridine rings is 1. The van der Waals surface area contributed by atoms with Gasteiger partial charge in [-0.3, -0.25) is 9.78 Å². The largest absolute Gasteiger partial charge is 0.478 e. The van der Waals surface area contributed by atoms with Crippen LogP contribution in [0.3, 0.4) is 0 Å². The molecule has 0 saturated carbocycles. The predicted molar refractivity (Wildman–Crippen MR) is 57.2 cm³/mol. The molecule has 0 spiro atoms. The summed E-state index contributed by atoms with van der Waals surface area (Å²) < 4.78 is 0. The molecule has 0 atom stereocenters. The molecule has 1 rings (SSSR count). The third kappa shape index (κ3) is 8.30. The first kappa shape index (κ1) is 14.3. The van der Waals surface area contributed by atoms with Crippen LogP contribution in [0.15, 0.2) is 36.5 Å². The maximum atomic E-state index is 10.4. The standard InChI is InChI=1S/C6H6N2O.C4H4O4/c7-6(9)5-3-1-2-4-8-5;5-3(6)1-2-4(7)8/h1-4H,(H2,7,9);1-2H,(H,5,6)(H,7,8)/b;2-1-. The summed E-state index contributed by atoms with van der Waals surface area (Å²) in [5, 5.41) is 15.6. The van der Waals surface area contributed by atoms with Crippen LogP contribution >= 0.6 is 0 Å². The molecule has 7 nitrogen and oxygen atoms in total. The number of carbonyl (C=O) groups is 3. The van der Waals surface area contributed by atoms with Crippen LogP contribution in [-0.4, -0.2) is 33.0 Å². The molecule has 1 heterocycles. The summed E-state index contributed by atoms with van der Waals surface area (Å²) in [7, 11) is 0. The summed E-state index contributed by atoms with van der Waals surface area (Å²) in [6, 6.07) is 5.02. The average molecular weight is 238 g/mol. The van der Waals surface area contributed by atoms with E-state index in [-0.39, 0.29) is 0 Å². The predicted octanol–water partition coefficient (Wildman–Crippen LogP) is -0.108. The first-order chi connectivity index (χ1) is 7.93. The van der Waals surface area contributed by atoms with Gasteiger partial charge >= 0.3 is 11.9 Å². The van der Waals surface area contributed by atoms with Crippen LogP contribution in [-0.2, 0) is 9.59 Å². The van der Waals surface area contributed by atoms with Gasteiger partial charge in [0.2, 0.25) is 0 Å². The molecule has 0 saturated heterocycles. The maximum Gasteiger partial charge on any atom is 0.328 e. The summed E-state index contributed by atoms with van der Waals surface area (Å²) >= 11 is 0. The normalized spacial score (nSPS) is 9.18. The van der Waals surface area contributed by atoms with Crippen molar-refractivity contribution in [3.63, 3.8) is 0 Å². The van der Waals surface area contributed by atoms with Crippen LogP contribution in [0.1, 0.15) is 10.5 Å². The molecule has 0 fully saturated rings. The van der Waals surface area contributed by atoms with E-state index < -0.39 is 17.8 Å². The number of nitrogens with two attached hydrogens (primary N) is 1. The molecule has 0 bridgehead atoms. The molecular weight excluding hydrogens is 228 g/mol. The van der Waals surface area contributed by atoms with Gasteiger partial charge in [0, 0.05) is 18.3 Å². The lowest BCUT2D eigenvalue weighted by molar-refractivity contribution is -0.134. The zero-order valence-electron chi connectivity index (χ0n) is 8.61. The van der Waals surface area contributed by atoms with E-state index in [2.05, 4.69) is 4.98 Å². The van der Waals surface area contributed by atoms with E-state index in [1.807, 2.05) is 0 Å². The second-order valence-corrected chi connectivity index (χ2v) is 2.59. The van der Waals surface area contributed by atoms with Crippen LogP contribution in [0.2, 0.25) is 0 Å². The van der Waals surface area contributed by atoms with Gasteiger partial charge in [0.05, 0.1) is 0 Å². The van der Waals surface area contributed by atoms with Crippen molar-refractivity contribution in [1.82, 2.24) is 4.98 Å². The van der Waals surface area contributed by atoms with Crippen molar-refractivity contribution in [3.05, 3.63) is 42.2 Å². The molecular formula is C10H10N2O5. The highest BCUT2D eigenvalue weighted by Gasteiger charge is 1.96. The van der Waals surface area contributed by atoms with Crippen molar-refractivity contribution >= 4 is 17.8 Å². The molecule has 90 valence electrons. The minimum atomic E-state index is -1.26. The minimum Gasteiger partial charge on any atom is -0.478 e. The number of amides is 1. The molecule has 1 aromatic heterocycles. The third-order valence-electron chi connectivity index (χ3n) is 1.29. The topological polar surface area (TPSA) is 131 Å². The van der Waals surface area contributed by atoms with Gasteiger partial charge in [0.25, 0.3) is 5.91 Å². The smallest absolute Gasteiger partial charge is 0.328 e. The first-order valence-corrected chi connectivity index (χ1v) is 4.28. The molecule has 4 N–H and O–H groups in total. The zero-order chi connectivity index (χ0) is 13.3. The van der Waals surface area contributed by atoms with Gasteiger partial charge in [-0.1, -0.05) is 6.07 Å². The fraction of sp³-hybridized carbons (Fsp3) is 0. The Labute approximate surface area is 96.2 Å². The van der Waals surface area contributed by atoms with Crippen molar-refractivity contribution in [2.75, 3.05) is 0 Å². The van der Waals surface area contributed by atoms with Crippen molar-refractivity contribution in [2.24, 2.45) is 5.73 Å². The Morgan fingerprint density at radius 2 is 1.65 bits per heavy atom. The fourth-order valence-electron chi connectivity index (χ4n) is 0.651. The summed E-state index contributed by atoms with van der Waals surface area (Å²) in [6.45, 7) is 0. The van der Waals surface area contributed by atoms with E-state index >= 15 is 0 Å². The quantitative estimate of drug-likeness (QED) is 0.630. The summed E-state index contributed by atoms with van der Waals surface area (Å²) in [5.41, 5.74) is 5.22. The van der Waals surface area contributed by atoms with E-state index in [4.69, 9.17) is 15.9 Å². The monoisotopic (exact) mass is 238 g/mol. The Morgan fingerprint density at radius 3 is 1.88 bits per heavy atom. The highest BCUT2D eigenvalue weighted by molar-refractivity contribution is 5.90. The van der Waals surface area contributed by atoms with Crippen LogP contribution in [0.25, 0.3) is 0 Å². The van der Waals surface area contributed by atoms with Gasteiger partial charge in [-0.15, -0.1) is 0 Å². The number of nitrogens with zero attached hydrogens (tertiary/aromatic N) is 1. The summed E-state index contributed by atoms with van der Waals surface area (Å²) in [5.74, 6) is -3.00. The lowest BCUT2D eigenvalue weighted by Crippen LogP contribution is -2.12. The van der Waals surface area contributed by atoms with Crippen molar-refractivity contribution in [3.8, 4) is 0 Å². The first-order valence-electron chi connectivity index (χ1n) is 4.28. The molecule has 1 amide bonds. The average Bonchev–Trinajstić information content (AvgIpc) is 2.28. The number of aliphatic carboxylic acids is 2. The zero-order valence-corrected chi connectivity index (χ0v) is 8.61. The van der Waals surface area contributed by atoms with Gasteiger partial charge in [-0.05, 0) is 12.1 Å². The number of carbonyl (C=O) groups excluding carboxylic acids is 1. The van der Waals surface area contributed by atoms with E-state index in [1.165, 1.54) is 6.20 Å². The van der Waals surface area contributed by atoms with Crippen molar-refractivity contribution in [2.45, 2.75) is 0 Å². The van der Waals surface area contributed by atoms with E-state index in [1.54, 1.807) is 18.2 Å². The lowest BCUT2D eigenvalue weighted by Gasteiger charge is -1.88. The summed E-state index contributed by atoms with van der Waals surface area (Å²) in [6.07, 6.45) is 2.64. The van der Waals surface area contributed by atoms with E-state index in [0.717, 1.165) is 0 Å². The maximum absolute atomic E-state index is 10.4. The van der Waals surface area contributed by atoms with Crippen LogP contribution in [0.5, 0.6) is 0 Å². The highest BCUT2D eigenvalue weighted by atomic mass is 16.4. The Bertz CT molecular complexity index is 412. The van der Waals surface area contributed by atoms with Crippen LogP contribution in [0, 0.1) is 0 Å². The fourth-order valence-corrected chi connectivity index (χ4v) is 0.651. The van der Waals surface area contributed by atoms with Crippen molar-refractivity contribution < 1.29 is 24.6 Å². The van der Waals surface area contributed by atoms with Gasteiger partial charge in [0.1, 0.15) is 5.69 Å². The van der Waals surface area contributed by atoms with Crippen LogP contribution in [0.4, 0.5) is 0 Å². The molecule has 0 aliphatic carbocycles. The summed E-state index contributed by atoms with van der Waals surface area (Å²) in [4.78, 5) is 33.2. The van der Waals surface area contributed by atoms with Gasteiger partial charge in [-0.2, -0.15) is 0 Å². The SMILES string of the molecule is NC(=O)c1ccccn1.O=C(O)/C=C\C(=O)O. The number of primary amides is 1. The van der Waals surface area contributed by atoms with Crippen LogP contribution < -0.4 is 5.73 Å². The molecule has 0 aromatic carbocycles. The van der Waals surface area contributed by atoms with E-state index in [0.29, 0.717) is 17.8 Å². The molecule has 0 aliphatic heterocycles. The van der Waals surface area contributed by atoms with Gasteiger partial charge < -0.3 is 15.9 Å². The second-order valence-electron chi connectivity index (χ2n) is 2.59. The number of rotatable bonds is 3. The second kappa shape index (κ2) is 7.57. The Kier molecular flexibility index (Phi) is 6.37. The number of hydrogen-bond acceptors (Lipinski definition) is 4. The van der Waals surface area contributed by atoms with Gasteiger partial charge in [0.15, 0.2) is 0 Å². The number of carboxylic acid groups (broad SMARTS) is 2. The molecule has 0 aliphatic rings. The Balaban J connectivity index is 0.000000304. The van der Waals surface area contributed by atoms with E-state index in [9.17, 15) is 14.4 Å². The third-order valence-corrected chi connectivity index (χ3v) is 1.29. The lowest BCUT2D eigenvalue weighted by atomic mass is 10.3. The molecule has 7 heteroatoms. The Morgan fingerprint density at radius 1 is 1.12 bits per heavy atom. The highest BCUT2D eigenvalue weighted by Crippen LogP contribution is 1.88. The Hall–Kier alpha value is -2.70. The molecule has 17 heavy (non-hydrogen) atoms.